The minimum Gasteiger partial charge on any atom is -0.481 e. The van der Waals surface area contributed by atoms with Gasteiger partial charge in [0.1, 0.15) is 0 Å². The number of rotatable bonds is 3. The van der Waals surface area contributed by atoms with Crippen molar-refractivity contribution >= 4 is 12.0 Å². The number of hydrogen-bond acceptors (Lipinski definition) is 3. The van der Waals surface area contributed by atoms with Crippen molar-refractivity contribution in [3.8, 4) is 0 Å². The second-order valence-corrected chi connectivity index (χ2v) is 5.34. The third kappa shape index (κ3) is 4.09. The van der Waals surface area contributed by atoms with Gasteiger partial charge < -0.3 is 20.1 Å². The highest BCUT2D eigenvalue weighted by atomic mass is 16.5. The topological polar surface area (TPSA) is 78.9 Å². The van der Waals surface area contributed by atoms with E-state index in [-0.39, 0.29) is 11.9 Å². The molecule has 2 N–H and O–H groups in total. The summed E-state index contributed by atoms with van der Waals surface area (Å²) >= 11 is 0. The lowest BCUT2D eigenvalue weighted by atomic mass is 9.97. The van der Waals surface area contributed by atoms with E-state index in [1.54, 1.807) is 4.90 Å². The summed E-state index contributed by atoms with van der Waals surface area (Å²) in [5, 5.41) is 11.9. The van der Waals surface area contributed by atoms with Gasteiger partial charge in [-0.15, -0.1) is 0 Å². The summed E-state index contributed by atoms with van der Waals surface area (Å²) in [6.07, 6.45) is 3.11. The van der Waals surface area contributed by atoms with Crippen LogP contribution in [0.15, 0.2) is 0 Å². The summed E-state index contributed by atoms with van der Waals surface area (Å²) in [5.74, 6) is -0.531. The predicted molar refractivity (Wildman–Crippen MR) is 68.9 cm³/mol. The highest BCUT2D eigenvalue weighted by Gasteiger charge is 2.27. The fourth-order valence-electron chi connectivity index (χ4n) is 2.62. The van der Waals surface area contributed by atoms with E-state index in [4.69, 9.17) is 9.84 Å². The standard InChI is InChI=1S/C13H22N2O4/c16-12(17)11-1-5-15(6-2-11)13(18)14-9-10-3-7-19-8-4-10/h10-11H,1-9H2,(H,14,18)(H,16,17). The smallest absolute Gasteiger partial charge is 0.317 e. The van der Waals surface area contributed by atoms with Crippen molar-refractivity contribution in [3.05, 3.63) is 0 Å². The molecule has 0 saturated carbocycles. The average Bonchev–Trinajstić information content (AvgIpc) is 2.46. The van der Waals surface area contributed by atoms with Crippen LogP contribution < -0.4 is 5.32 Å². The highest BCUT2D eigenvalue weighted by Crippen LogP contribution is 2.18. The second kappa shape index (κ2) is 6.75. The first-order valence-corrected chi connectivity index (χ1v) is 7.00. The van der Waals surface area contributed by atoms with Gasteiger partial charge in [0, 0.05) is 32.8 Å². The van der Waals surface area contributed by atoms with Gasteiger partial charge in [-0.3, -0.25) is 4.79 Å². The Labute approximate surface area is 113 Å². The third-order valence-electron chi connectivity index (χ3n) is 4.01. The van der Waals surface area contributed by atoms with Crippen LogP contribution in [-0.2, 0) is 9.53 Å². The van der Waals surface area contributed by atoms with Crippen LogP contribution in [0.5, 0.6) is 0 Å². The minimum atomic E-state index is -0.748. The third-order valence-corrected chi connectivity index (χ3v) is 4.01. The van der Waals surface area contributed by atoms with Crippen LogP contribution in [0.25, 0.3) is 0 Å². The fraction of sp³-hybridized carbons (Fsp3) is 0.846. The van der Waals surface area contributed by atoms with E-state index in [1.165, 1.54) is 0 Å². The van der Waals surface area contributed by atoms with Crippen molar-refractivity contribution in [1.29, 1.82) is 0 Å². The molecule has 0 radical (unpaired) electrons. The first-order valence-electron chi connectivity index (χ1n) is 7.00. The number of carboxylic acid groups (broad SMARTS) is 1. The van der Waals surface area contributed by atoms with Crippen molar-refractivity contribution < 1.29 is 19.4 Å². The monoisotopic (exact) mass is 270 g/mol. The molecule has 2 saturated heterocycles. The Morgan fingerprint density at radius 1 is 1.16 bits per heavy atom. The number of carbonyl (C=O) groups is 2. The molecule has 0 aromatic rings. The van der Waals surface area contributed by atoms with Crippen LogP contribution in [0.1, 0.15) is 25.7 Å². The molecule has 0 bridgehead atoms. The molecule has 2 aliphatic rings. The maximum absolute atomic E-state index is 12.0. The molecule has 2 amide bonds. The molecule has 0 unspecified atom stereocenters. The lowest BCUT2D eigenvalue weighted by molar-refractivity contribution is -0.143. The van der Waals surface area contributed by atoms with Crippen LogP contribution in [-0.4, -0.2) is 54.9 Å². The molecule has 2 fully saturated rings. The van der Waals surface area contributed by atoms with Gasteiger partial charge in [-0.1, -0.05) is 0 Å². The molecular formula is C13H22N2O4. The van der Waals surface area contributed by atoms with Gasteiger partial charge in [0.25, 0.3) is 0 Å². The van der Waals surface area contributed by atoms with Crippen LogP contribution in [0.2, 0.25) is 0 Å². The summed E-state index contributed by atoms with van der Waals surface area (Å²) in [6.45, 7) is 3.34. The maximum atomic E-state index is 12.0. The summed E-state index contributed by atoms with van der Waals surface area (Å²) < 4.78 is 5.28. The van der Waals surface area contributed by atoms with Crippen molar-refractivity contribution in [2.24, 2.45) is 11.8 Å². The lowest BCUT2D eigenvalue weighted by Crippen LogP contribution is -2.46. The van der Waals surface area contributed by atoms with Crippen LogP contribution >= 0.6 is 0 Å². The molecule has 19 heavy (non-hydrogen) atoms. The van der Waals surface area contributed by atoms with E-state index in [0.717, 1.165) is 26.1 Å². The Hall–Kier alpha value is -1.30. The fourth-order valence-corrected chi connectivity index (χ4v) is 2.62. The van der Waals surface area contributed by atoms with Gasteiger partial charge in [0.15, 0.2) is 0 Å². The molecule has 0 aliphatic carbocycles. The van der Waals surface area contributed by atoms with E-state index in [0.29, 0.717) is 38.4 Å². The molecular weight excluding hydrogens is 248 g/mol. The van der Waals surface area contributed by atoms with E-state index in [9.17, 15) is 9.59 Å². The Morgan fingerprint density at radius 3 is 2.37 bits per heavy atom. The number of carbonyl (C=O) groups excluding carboxylic acids is 1. The first kappa shape index (κ1) is 14.1. The number of nitrogens with one attached hydrogen (secondary N) is 1. The second-order valence-electron chi connectivity index (χ2n) is 5.34. The first-order chi connectivity index (χ1) is 9.16. The Balaban J connectivity index is 1.67. The number of likely N-dealkylation sites (tertiary alicyclic amines) is 1. The molecule has 2 aliphatic heterocycles. The van der Waals surface area contributed by atoms with Crippen molar-refractivity contribution in [2.45, 2.75) is 25.7 Å². The SMILES string of the molecule is O=C(O)C1CCN(C(=O)NCC2CCOCC2)CC1. The van der Waals surface area contributed by atoms with Crippen molar-refractivity contribution in [3.63, 3.8) is 0 Å². The van der Waals surface area contributed by atoms with Gasteiger partial charge in [0.2, 0.25) is 0 Å². The van der Waals surface area contributed by atoms with Crippen LogP contribution in [0.3, 0.4) is 0 Å². The molecule has 6 heteroatoms. The van der Waals surface area contributed by atoms with Gasteiger partial charge in [-0.25, -0.2) is 4.79 Å². The number of carboxylic acids is 1. The molecule has 108 valence electrons. The van der Waals surface area contributed by atoms with Crippen LogP contribution in [0.4, 0.5) is 4.79 Å². The molecule has 2 heterocycles. The summed E-state index contributed by atoms with van der Waals surface area (Å²) in [6, 6.07) is -0.0599. The van der Waals surface area contributed by atoms with E-state index >= 15 is 0 Å². The normalized spacial score (nSPS) is 22.2. The average molecular weight is 270 g/mol. The van der Waals surface area contributed by atoms with E-state index in [2.05, 4.69) is 5.32 Å². The number of hydrogen-bond donors (Lipinski definition) is 2. The number of piperidine rings is 1. The van der Waals surface area contributed by atoms with E-state index < -0.39 is 5.97 Å². The number of ether oxygens (including phenoxy) is 1. The lowest BCUT2D eigenvalue weighted by Gasteiger charge is -2.31. The number of urea groups is 1. The van der Waals surface area contributed by atoms with Gasteiger partial charge in [-0.05, 0) is 31.6 Å². The largest absolute Gasteiger partial charge is 0.481 e. The van der Waals surface area contributed by atoms with Gasteiger partial charge >= 0.3 is 12.0 Å². The summed E-state index contributed by atoms with van der Waals surface area (Å²) in [5.41, 5.74) is 0. The Bertz CT molecular complexity index is 321. The zero-order chi connectivity index (χ0) is 13.7. The number of nitrogens with zero attached hydrogens (tertiary/aromatic N) is 1. The quantitative estimate of drug-likeness (QED) is 0.799. The summed E-state index contributed by atoms with van der Waals surface area (Å²) in [4.78, 5) is 24.5. The van der Waals surface area contributed by atoms with Gasteiger partial charge in [0.05, 0.1) is 5.92 Å². The highest BCUT2D eigenvalue weighted by molar-refractivity contribution is 5.75. The summed E-state index contributed by atoms with van der Waals surface area (Å²) in [7, 11) is 0. The molecule has 0 atom stereocenters. The number of amides is 2. The maximum Gasteiger partial charge on any atom is 0.317 e. The molecule has 0 spiro atoms. The Morgan fingerprint density at radius 2 is 1.79 bits per heavy atom. The van der Waals surface area contributed by atoms with Crippen molar-refractivity contribution in [1.82, 2.24) is 10.2 Å². The Kier molecular flexibility index (Phi) is 5.01. The minimum absolute atomic E-state index is 0.0599. The zero-order valence-corrected chi connectivity index (χ0v) is 11.1. The zero-order valence-electron chi connectivity index (χ0n) is 11.1. The number of aliphatic carboxylic acids is 1. The van der Waals surface area contributed by atoms with E-state index in [1.807, 2.05) is 0 Å². The molecule has 0 aromatic carbocycles. The molecule has 0 aromatic heterocycles. The molecule has 6 nitrogen and oxygen atoms in total. The van der Waals surface area contributed by atoms with Gasteiger partial charge in [-0.2, -0.15) is 0 Å². The molecule has 2 rings (SSSR count). The van der Waals surface area contributed by atoms with Crippen LogP contribution in [0, 0.1) is 11.8 Å². The van der Waals surface area contributed by atoms with Crippen molar-refractivity contribution in [2.75, 3.05) is 32.8 Å². The predicted octanol–water partition coefficient (Wildman–Crippen LogP) is 0.919.